The fourth-order valence-electron chi connectivity index (χ4n) is 2.25. The monoisotopic (exact) mass is 388 g/mol. The van der Waals surface area contributed by atoms with Gasteiger partial charge in [0.1, 0.15) is 11.0 Å². The summed E-state index contributed by atoms with van der Waals surface area (Å²) in [7, 11) is 1.51. The average Bonchev–Trinajstić information content (AvgIpc) is 2.59. The van der Waals surface area contributed by atoms with Crippen molar-refractivity contribution in [1.29, 1.82) is 0 Å². The molecule has 0 saturated carbocycles. The number of hydrogen-bond donors (Lipinski definition) is 2. The molecule has 0 aliphatic rings. The Morgan fingerprint density at radius 2 is 1.96 bits per heavy atom. The molecule has 0 atom stereocenters. The van der Waals surface area contributed by atoms with E-state index in [9.17, 15) is 17.6 Å². The Labute approximate surface area is 153 Å². The molecular formula is C17H17ClF4N4. The van der Waals surface area contributed by atoms with Crippen LogP contribution in [0.1, 0.15) is 16.7 Å². The van der Waals surface area contributed by atoms with Gasteiger partial charge in [-0.05, 0) is 35.7 Å². The first-order valence-electron chi connectivity index (χ1n) is 7.70. The lowest BCUT2D eigenvalue weighted by molar-refractivity contribution is -0.138. The van der Waals surface area contributed by atoms with Crippen LogP contribution >= 0.6 is 11.6 Å². The Morgan fingerprint density at radius 1 is 1.19 bits per heavy atom. The van der Waals surface area contributed by atoms with Crippen LogP contribution in [0.2, 0.25) is 5.15 Å². The number of hydrogen-bond acceptors (Lipinski definition) is 2. The van der Waals surface area contributed by atoms with E-state index >= 15 is 0 Å². The molecule has 1 heterocycles. The van der Waals surface area contributed by atoms with E-state index < -0.39 is 17.6 Å². The summed E-state index contributed by atoms with van der Waals surface area (Å²) in [5.74, 6) is -0.593. The summed E-state index contributed by atoms with van der Waals surface area (Å²) in [4.78, 5) is 7.93. The van der Waals surface area contributed by atoms with E-state index in [0.29, 0.717) is 30.1 Å². The van der Waals surface area contributed by atoms with Crippen molar-refractivity contribution in [3.05, 3.63) is 64.2 Å². The predicted octanol–water partition coefficient (Wildman–Crippen LogP) is 3.80. The SMILES string of the molecule is CN=C(NCCc1ccc(Cl)nc1)NCc1ccc(F)cc1C(F)(F)F. The number of aromatic nitrogens is 1. The lowest BCUT2D eigenvalue weighted by Crippen LogP contribution is -2.38. The highest BCUT2D eigenvalue weighted by Crippen LogP contribution is 2.32. The molecule has 2 aromatic rings. The molecule has 140 valence electrons. The van der Waals surface area contributed by atoms with Crippen LogP contribution in [0.5, 0.6) is 0 Å². The summed E-state index contributed by atoms with van der Waals surface area (Å²) in [5.41, 5.74) is -0.119. The Kier molecular flexibility index (Phi) is 6.79. The van der Waals surface area contributed by atoms with Gasteiger partial charge < -0.3 is 10.6 Å². The molecule has 4 nitrogen and oxygen atoms in total. The molecule has 0 aliphatic carbocycles. The number of nitrogens with zero attached hydrogens (tertiary/aromatic N) is 2. The van der Waals surface area contributed by atoms with E-state index in [4.69, 9.17) is 11.6 Å². The zero-order valence-corrected chi connectivity index (χ0v) is 14.6. The van der Waals surface area contributed by atoms with Crippen molar-refractivity contribution < 1.29 is 17.6 Å². The van der Waals surface area contributed by atoms with Gasteiger partial charge >= 0.3 is 6.18 Å². The van der Waals surface area contributed by atoms with Crippen LogP contribution < -0.4 is 10.6 Å². The Bertz CT molecular complexity index is 760. The van der Waals surface area contributed by atoms with Gasteiger partial charge in [0.15, 0.2) is 5.96 Å². The molecule has 1 aromatic carbocycles. The van der Waals surface area contributed by atoms with Gasteiger partial charge in [-0.25, -0.2) is 9.37 Å². The van der Waals surface area contributed by atoms with Crippen molar-refractivity contribution in [2.24, 2.45) is 4.99 Å². The van der Waals surface area contributed by atoms with Crippen LogP contribution in [0.25, 0.3) is 0 Å². The molecule has 0 aliphatic heterocycles. The van der Waals surface area contributed by atoms with Crippen LogP contribution in [0.4, 0.5) is 17.6 Å². The number of halogens is 5. The number of benzene rings is 1. The van der Waals surface area contributed by atoms with Crippen molar-refractivity contribution in [3.8, 4) is 0 Å². The second-order valence-corrected chi connectivity index (χ2v) is 5.78. The number of nitrogens with one attached hydrogen (secondary N) is 2. The summed E-state index contributed by atoms with van der Waals surface area (Å²) in [6.07, 6.45) is -2.35. The van der Waals surface area contributed by atoms with E-state index in [1.807, 2.05) is 6.07 Å². The third-order valence-electron chi connectivity index (χ3n) is 3.54. The minimum absolute atomic E-state index is 0.0660. The van der Waals surface area contributed by atoms with E-state index in [-0.39, 0.29) is 12.1 Å². The van der Waals surface area contributed by atoms with Crippen molar-refractivity contribution in [3.63, 3.8) is 0 Å². The van der Waals surface area contributed by atoms with Crippen LogP contribution in [0.3, 0.4) is 0 Å². The summed E-state index contributed by atoms with van der Waals surface area (Å²) in [6, 6.07) is 6.10. The standard InChI is InChI=1S/C17H17ClF4N4/c1-23-16(24-7-6-11-2-5-15(18)25-9-11)26-10-12-3-4-13(19)8-14(12)17(20,21)22/h2-5,8-9H,6-7,10H2,1H3,(H2,23,24,26). The number of guanidine groups is 1. The lowest BCUT2D eigenvalue weighted by atomic mass is 10.1. The topological polar surface area (TPSA) is 49.3 Å². The van der Waals surface area contributed by atoms with Crippen molar-refractivity contribution in [2.45, 2.75) is 19.1 Å². The second kappa shape index (κ2) is 8.84. The number of alkyl halides is 3. The largest absolute Gasteiger partial charge is 0.416 e. The molecule has 0 radical (unpaired) electrons. The van der Waals surface area contributed by atoms with Crippen LogP contribution in [0.15, 0.2) is 41.5 Å². The number of pyridine rings is 1. The molecule has 0 unspecified atom stereocenters. The van der Waals surface area contributed by atoms with Gasteiger partial charge in [-0.1, -0.05) is 23.7 Å². The summed E-state index contributed by atoms with van der Waals surface area (Å²) in [5, 5.41) is 6.19. The fraction of sp³-hybridized carbons (Fsp3) is 0.294. The zero-order chi connectivity index (χ0) is 19.2. The maximum atomic E-state index is 13.1. The van der Waals surface area contributed by atoms with E-state index in [0.717, 1.165) is 17.7 Å². The van der Waals surface area contributed by atoms with Crippen molar-refractivity contribution >= 4 is 17.6 Å². The highest BCUT2D eigenvalue weighted by molar-refractivity contribution is 6.29. The Hall–Kier alpha value is -2.35. The van der Waals surface area contributed by atoms with Gasteiger partial charge in [-0.2, -0.15) is 13.2 Å². The Balaban J connectivity index is 1.92. The van der Waals surface area contributed by atoms with E-state index in [1.165, 1.54) is 7.05 Å². The van der Waals surface area contributed by atoms with E-state index in [1.54, 1.807) is 12.3 Å². The average molecular weight is 389 g/mol. The summed E-state index contributed by atoms with van der Waals surface area (Å²) < 4.78 is 52.1. The summed E-state index contributed by atoms with van der Waals surface area (Å²) >= 11 is 5.71. The highest BCUT2D eigenvalue weighted by atomic mass is 35.5. The lowest BCUT2D eigenvalue weighted by Gasteiger charge is -2.16. The first-order valence-corrected chi connectivity index (χ1v) is 8.08. The second-order valence-electron chi connectivity index (χ2n) is 5.39. The van der Waals surface area contributed by atoms with Gasteiger partial charge in [0.25, 0.3) is 0 Å². The van der Waals surface area contributed by atoms with Crippen molar-refractivity contribution in [1.82, 2.24) is 15.6 Å². The van der Waals surface area contributed by atoms with E-state index in [2.05, 4.69) is 20.6 Å². The van der Waals surface area contributed by atoms with Gasteiger partial charge in [-0.3, -0.25) is 4.99 Å². The fourth-order valence-corrected chi connectivity index (χ4v) is 2.36. The van der Waals surface area contributed by atoms with Gasteiger partial charge in [0.05, 0.1) is 5.56 Å². The molecule has 1 aromatic heterocycles. The maximum Gasteiger partial charge on any atom is 0.416 e. The van der Waals surface area contributed by atoms with Gasteiger partial charge in [0.2, 0.25) is 0 Å². The first-order chi connectivity index (χ1) is 12.3. The minimum atomic E-state index is -4.63. The van der Waals surface area contributed by atoms with Gasteiger partial charge in [-0.15, -0.1) is 0 Å². The minimum Gasteiger partial charge on any atom is -0.356 e. The molecule has 0 amide bonds. The quantitative estimate of drug-likeness (QED) is 0.354. The zero-order valence-electron chi connectivity index (χ0n) is 13.9. The van der Waals surface area contributed by atoms with Crippen LogP contribution in [-0.4, -0.2) is 24.5 Å². The molecule has 0 saturated heterocycles. The number of rotatable bonds is 5. The van der Waals surface area contributed by atoms with Crippen molar-refractivity contribution in [2.75, 3.05) is 13.6 Å². The van der Waals surface area contributed by atoms with Crippen LogP contribution in [0, 0.1) is 5.82 Å². The number of aliphatic imine (C=N–C) groups is 1. The van der Waals surface area contributed by atoms with Crippen LogP contribution in [-0.2, 0) is 19.1 Å². The highest BCUT2D eigenvalue weighted by Gasteiger charge is 2.33. The molecule has 0 fully saturated rings. The normalized spacial score (nSPS) is 12.2. The molecule has 0 spiro atoms. The molecule has 26 heavy (non-hydrogen) atoms. The molecule has 2 N–H and O–H groups in total. The molecule has 2 rings (SSSR count). The van der Waals surface area contributed by atoms with Gasteiger partial charge in [0, 0.05) is 26.3 Å². The summed E-state index contributed by atoms with van der Waals surface area (Å²) in [6.45, 7) is 0.357. The third-order valence-corrected chi connectivity index (χ3v) is 3.77. The molecule has 9 heteroatoms. The first kappa shape index (κ1) is 20.0. The molecular weight excluding hydrogens is 372 g/mol. The molecule has 0 bridgehead atoms. The predicted molar refractivity (Wildman–Crippen MR) is 92.6 cm³/mol. The maximum absolute atomic E-state index is 13.1. The Morgan fingerprint density at radius 3 is 2.58 bits per heavy atom. The third kappa shape index (κ3) is 5.87. The smallest absolute Gasteiger partial charge is 0.356 e.